The van der Waals surface area contributed by atoms with Gasteiger partial charge in [0, 0.05) is 35.6 Å². The molecule has 0 unspecified atom stereocenters. The van der Waals surface area contributed by atoms with Gasteiger partial charge in [-0.2, -0.15) is 0 Å². The number of nitrogens with one attached hydrogen (secondary N) is 1. The van der Waals surface area contributed by atoms with Gasteiger partial charge in [-0.1, -0.05) is 12.1 Å². The predicted octanol–water partition coefficient (Wildman–Crippen LogP) is 4.96. The number of urea groups is 1. The van der Waals surface area contributed by atoms with Crippen LogP contribution >= 0.6 is 11.3 Å². The first-order chi connectivity index (χ1) is 18.3. The highest BCUT2D eigenvalue weighted by Gasteiger charge is 2.22. The highest BCUT2D eigenvalue weighted by atomic mass is 32.1. The molecule has 204 valence electrons. The van der Waals surface area contributed by atoms with Crippen LogP contribution in [0, 0.1) is 12.7 Å². The van der Waals surface area contributed by atoms with E-state index in [9.17, 15) is 14.0 Å². The van der Waals surface area contributed by atoms with E-state index in [1.807, 2.05) is 37.3 Å². The quantitative estimate of drug-likeness (QED) is 0.330. The van der Waals surface area contributed by atoms with Crippen LogP contribution in [0.4, 0.5) is 14.9 Å². The third-order valence-corrected chi connectivity index (χ3v) is 6.85. The fraction of sp³-hybridized carbons (Fsp3) is 0.357. The maximum absolute atomic E-state index is 13.6. The number of halogens is 1. The number of hydrogen-bond donors (Lipinski definition) is 1. The van der Waals surface area contributed by atoms with E-state index >= 15 is 0 Å². The van der Waals surface area contributed by atoms with Gasteiger partial charge >= 0.3 is 6.03 Å². The van der Waals surface area contributed by atoms with Crippen molar-refractivity contribution >= 4 is 29.0 Å². The fourth-order valence-electron chi connectivity index (χ4n) is 3.84. The van der Waals surface area contributed by atoms with Crippen LogP contribution in [0.2, 0.25) is 0 Å². The zero-order chi connectivity index (χ0) is 27.5. The van der Waals surface area contributed by atoms with Gasteiger partial charge < -0.3 is 29.3 Å². The van der Waals surface area contributed by atoms with Gasteiger partial charge in [-0.05, 0) is 61.4 Å². The van der Waals surface area contributed by atoms with Gasteiger partial charge in [-0.15, -0.1) is 11.3 Å². The summed E-state index contributed by atoms with van der Waals surface area (Å²) in [5, 5.41) is 2.67. The maximum Gasteiger partial charge on any atom is 0.322 e. The third kappa shape index (κ3) is 8.46. The summed E-state index contributed by atoms with van der Waals surface area (Å²) in [7, 11) is 4.69. The van der Waals surface area contributed by atoms with Crippen molar-refractivity contribution in [3.63, 3.8) is 0 Å². The Morgan fingerprint density at radius 1 is 0.947 bits per heavy atom. The number of methoxy groups -OCH3 is 3. The van der Waals surface area contributed by atoms with Crippen molar-refractivity contribution in [1.82, 2.24) is 9.80 Å². The molecular weight excluding hydrogens is 509 g/mol. The summed E-state index contributed by atoms with van der Waals surface area (Å²) >= 11 is 1.63. The van der Waals surface area contributed by atoms with E-state index in [-0.39, 0.29) is 25.6 Å². The molecule has 1 heterocycles. The number of aryl methyl sites for hydroxylation is 1. The predicted molar refractivity (Wildman–Crippen MR) is 147 cm³/mol. The van der Waals surface area contributed by atoms with Gasteiger partial charge in [0.1, 0.15) is 12.4 Å². The lowest BCUT2D eigenvalue weighted by molar-refractivity contribution is -0.132. The second-order valence-electron chi connectivity index (χ2n) is 8.62. The molecule has 0 fully saturated rings. The van der Waals surface area contributed by atoms with Gasteiger partial charge in [0.15, 0.2) is 11.5 Å². The number of thiophene rings is 1. The lowest BCUT2D eigenvalue weighted by Gasteiger charge is -2.28. The molecule has 0 atom stereocenters. The van der Waals surface area contributed by atoms with Crippen molar-refractivity contribution < 1.29 is 28.2 Å². The van der Waals surface area contributed by atoms with Crippen LogP contribution in [0.3, 0.4) is 0 Å². The molecule has 3 amide bonds. The van der Waals surface area contributed by atoms with Crippen molar-refractivity contribution in [3.05, 3.63) is 75.7 Å². The number of amides is 3. The van der Waals surface area contributed by atoms with Crippen LogP contribution in [0.5, 0.6) is 11.5 Å². The first kappa shape index (κ1) is 28.9. The second-order valence-corrected chi connectivity index (χ2v) is 9.99. The van der Waals surface area contributed by atoms with Crippen LogP contribution in [0.25, 0.3) is 0 Å². The van der Waals surface area contributed by atoms with Gasteiger partial charge in [-0.25, -0.2) is 9.18 Å². The Kier molecular flexibility index (Phi) is 10.9. The molecule has 38 heavy (non-hydrogen) atoms. The number of hydrogen-bond acceptors (Lipinski definition) is 6. The van der Waals surface area contributed by atoms with E-state index in [1.165, 1.54) is 30.2 Å². The summed E-state index contributed by atoms with van der Waals surface area (Å²) in [5.41, 5.74) is 1.30. The summed E-state index contributed by atoms with van der Waals surface area (Å²) in [6.07, 6.45) is 0.587. The molecule has 0 aliphatic rings. The molecule has 8 nitrogen and oxygen atoms in total. The second kappa shape index (κ2) is 14.3. The van der Waals surface area contributed by atoms with E-state index in [0.29, 0.717) is 36.7 Å². The molecule has 0 spiro atoms. The molecule has 2 aromatic carbocycles. The Hall–Kier alpha value is -3.63. The number of anilines is 1. The maximum atomic E-state index is 13.6. The molecule has 0 radical (unpaired) electrons. The average Bonchev–Trinajstić information content (AvgIpc) is 3.32. The number of carbonyl (C=O) groups excluding carboxylic acids is 2. The molecule has 1 aromatic heterocycles. The number of carbonyl (C=O) groups is 2. The Morgan fingerprint density at radius 2 is 1.74 bits per heavy atom. The van der Waals surface area contributed by atoms with Crippen LogP contribution in [-0.4, -0.2) is 69.3 Å². The van der Waals surface area contributed by atoms with Crippen LogP contribution < -0.4 is 14.8 Å². The Bertz CT molecular complexity index is 1220. The molecule has 0 saturated heterocycles. The van der Waals surface area contributed by atoms with E-state index < -0.39 is 11.8 Å². The first-order valence-electron chi connectivity index (χ1n) is 12.2. The molecule has 0 bridgehead atoms. The minimum atomic E-state index is -0.507. The monoisotopic (exact) mass is 543 g/mol. The van der Waals surface area contributed by atoms with E-state index in [0.717, 1.165) is 15.3 Å². The molecule has 3 aromatic rings. The van der Waals surface area contributed by atoms with Crippen molar-refractivity contribution in [3.8, 4) is 11.5 Å². The first-order valence-corrected chi connectivity index (χ1v) is 13.0. The smallest absolute Gasteiger partial charge is 0.322 e. The minimum Gasteiger partial charge on any atom is -0.493 e. The van der Waals surface area contributed by atoms with Crippen LogP contribution in [0.1, 0.15) is 15.3 Å². The molecule has 10 heteroatoms. The number of benzene rings is 2. The molecule has 1 N–H and O–H groups in total. The topological polar surface area (TPSA) is 80.3 Å². The van der Waals surface area contributed by atoms with Crippen LogP contribution in [0.15, 0.2) is 54.6 Å². The van der Waals surface area contributed by atoms with E-state index in [4.69, 9.17) is 14.2 Å². The average molecular weight is 544 g/mol. The van der Waals surface area contributed by atoms with Crippen molar-refractivity contribution in [2.24, 2.45) is 0 Å². The Morgan fingerprint density at radius 3 is 2.39 bits per heavy atom. The van der Waals surface area contributed by atoms with Gasteiger partial charge in [-0.3, -0.25) is 4.79 Å². The van der Waals surface area contributed by atoms with Gasteiger partial charge in [0.2, 0.25) is 5.91 Å². The molecule has 3 rings (SSSR count). The Balaban J connectivity index is 1.75. The van der Waals surface area contributed by atoms with Gasteiger partial charge in [0.25, 0.3) is 0 Å². The highest BCUT2D eigenvalue weighted by Crippen LogP contribution is 2.28. The summed E-state index contributed by atoms with van der Waals surface area (Å²) < 4.78 is 29.5. The van der Waals surface area contributed by atoms with Crippen molar-refractivity contribution in [2.75, 3.05) is 52.9 Å². The molecule has 0 aliphatic carbocycles. The standard InChI is InChI=1S/C28H34FN3O5S/c1-20-8-10-24(38-20)18-31(13-12-21-9-11-25(36-3)26(16-21)37-4)27(33)19-32(14-15-35-2)28(34)30-23-7-5-6-22(29)17-23/h5-11,16-17H,12-15,18-19H2,1-4H3,(H,30,34). The molecule has 0 saturated carbocycles. The van der Waals surface area contributed by atoms with E-state index in [2.05, 4.69) is 5.32 Å². The van der Waals surface area contributed by atoms with Crippen molar-refractivity contribution in [1.29, 1.82) is 0 Å². The van der Waals surface area contributed by atoms with Crippen molar-refractivity contribution in [2.45, 2.75) is 19.9 Å². The summed E-state index contributed by atoms with van der Waals surface area (Å²) in [6.45, 7) is 3.18. The number of rotatable bonds is 13. The third-order valence-electron chi connectivity index (χ3n) is 5.87. The molecular formula is C28H34FN3O5S. The zero-order valence-electron chi connectivity index (χ0n) is 22.2. The SMILES string of the molecule is COCCN(CC(=O)N(CCc1ccc(OC)c(OC)c1)Cc1ccc(C)s1)C(=O)Nc1cccc(F)c1. The van der Waals surface area contributed by atoms with Gasteiger partial charge in [0.05, 0.1) is 27.4 Å². The number of ether oxygens (including phenoxy) is 3. The van der Waals surface area contributed by atoms with E-state index in [1.54, 1.807) is 36.5 Å². The fourth-order valence-corrected chi connectivity index (χ4v) is 4.74. The lowest BCUT2D eigenvalue weighted by atomic mass is 10.1. The largest absolute Gasteiger partial charge is 0.493 e. The summed E-state index contributed by atoms with van der Waals surface area (Å²) in [6, 6.07) is 14.8. The van der Waals surface area contributed by atoms with Crippen LogP contribution in [-0.2, 0) is 22.5 Å². The minimum absolute atomic E-state index is 0.152. The summed E-state index contributed by atoms with van der Waals surface area (Å²) in [4.78, 5) is 31.9. The summed E-state index contributed by atoms with van der Waals surface area (Å²) in [5.74, 6) is 0.588. The molecule has 0 aliphatic heterocycles. The highest BCUT2D eigenvalue weighted by molar-refractivity contribution is 7.11. The lowest BCUT2D eigenvalue weighted by Crippen LogP contribution is -2.46. The number of nitrogens with zero attached hydrogens (tertiary/aromatic N) is 2. The normalized spacial score (nSPS) is 10.7. The Labute approximate surface area is 226 Å². The zero-order valence-corrected chi connectivity index (χ0v) is 23.0.